The van der Waals surface area contributed by atoms with Crippen LogP contribution in [0.1, 0.15) is 68.9 Å². The van der Waals surface area contributed by atoms with Crippen LogP contribution < -0.4 is 9.80 Å². The van der Waals surface area contributed by atoms with Gasteiger partial charge in [-0.3, -0.25) is 0 Å². The van der Waals surface area contributed by atoms with Crippen molar-refractivity contribution in [1.29, 1.82) is 0 Å². The summed E-state index contributed by atoms with van der Waals surface area (Å²) < 4.78 is 13.5. The van der Waals surface area contributed by atoms with Gasteiger partial charge in [0.05, 0.1) is 22.8 Å². The molecule has 0 aliphatic heterocycles. The van der Waals surface area contributed by atoms with Gasteiger partial charge in [-0.1, -0.05) is 143 Å². The molecular weight excluding hydrogens is 757 g/mol. The molecule has 9 aromatic carbocycles. The third kappa shape index (κ3) is 5.74. The van der Waals surface area contributed by atoms with Crippen LogP contribution in [0.4, 0.5) is 28.4 Å². The minimum Gasteiger partial charge on any atom is -0.454 e. The third-order valence-corrected chi connectivity index (χ3v) is 12.9. The zero-order chi connectivity index (χ0) is 42.2. The highest BCUT2D eigenvalue weighted by atomic mass is 16.3. The van der Waals surface area contributed by atoms with E-state index in [2.05, 4.69) is 209 Å². The molecule has 11 rings (SSSR count). The van der Waals surface area contributed by atoms with Gasteiger partial charge in [0.1, 0.15) is 11.2 Å². The van der Waals surface area contributed by atoms with E-state index in [0.717, 1.165) is 78.4 Å². The molecule has 0 saturated carbocycles. The first kappa shape index (κ1) is 37.7. The highest BCUT2D eigenvalue weighted by Gasteiger charge is 2.29. The monoisotopic (exact) mass is 804 g/mol. The molecule has 2 heterocycles. The number of hydrogen-bond donors (Lipinski definition) is 0. The molecule has 4 heteroatoms. The van der Waals surface area contributed by atoms with Gasteiger partial charge in [0.15, 0.2) is 11.3 Å². The Morgan fingerprint density at radius 2 is 0.984 bits per heavy atom. The fraction of sp³-hybridized carbons (Fsp3) is 0.138. The second kappa shape index (κ2) is 14.7. The van der Waals surface area contributed by atoms with Gasteiger partial charge in [0.25, 0.3) is 0 Å². The van der Waals surface area contributed by atoms with E-state index in [1.165, 1.54) is 43.4 Å². The summed E-state index contributed by atoms with van der Waals surface area (Å²) in [4.78, 5) is 4.84. The number of aryl methyl sites for hydroxylation is 1. The van der Waals surface area contributed by atoms with Crippen molar-refractivity contribution in [3.63, 3.8) is 0 Å². The Kier molecular flexibility index (Phi) is 8.94. The largest absolute Gasteiger partial charge is 0.454 e. The van der Waals surface area contributed by atoms with E-state index in [0.29, 0.717) is 0 Å². The molecule has 62 heavy (non-hydrogen) atoms. The first-order valence-corrected chi connectivity index (χ1v) is 21.9. The quantitative estimate of drug-likeness (QED) is 0.136. The number of para-hydroxylation sites is 5. The Bertz CT molecular complexity index is 3500. The number of rotatable bonds is 9. The van der Waals surface area contributed by atoms with Crippen LogP contribution in [-0.4, -0.2) is 0 Å². The van der Waals surface area contributed by atoms with E-state index in [9.17, 15) is 0 Å². The lowest BCUT2D eigenvalue weighted by Crippen LogP contribution is -2.17. The van der Waals surface area contributed by atoms with Crippen molar-refractivity contribution in [3.8, 4) is 0 Å². The van der Waals surface area contributed by atoms with Gasteiger partial charge in [0.2, 0.25) is 0 Å². The Morgan fingerprint density at radius 1 is 0.468 bits per heavy atom. The molecule has 0 unspecified atom stereocenters. The molecule has 0 amide bonds. The van der Waals surface area contributed by atoms with Crippen molar-refractivity contribution in [2.75, 3.05) is 9.80 Å². The van der Waals surface area contributed by atoms with Crippen LogP contribution in [-0.2, 0) is 0 Å². The SMILES string of the molecule is C/C=C(\c1oc2ccccc2c1C)N(c1ccccc1)c1cc(C(C)C)c2ccc3c(N(c4ccccc4)c4cccc5c4oc4ccccc45)cc(C(C)C)c4ccc1c2c43. The fourth-order valence-corrected chi connectivity index (χ4v) is 9.99. The van der Waals surface area contributed by atoms with Crippen LogP contribution in [0.15, 0.2) is 179 Å². The lowest BCUT2D eigenvalue weighted by Gasteiger charge is -2.32. The molecule has 0 spiro atoms. The standard InChI is InChI=1S/C58H48N2O2/c1-7-49(57-37(6)40-23-14-16-27-53(40)61-57)59(38-19-10-8-11-20-38)51-33-47(35(2)3)42-30-32-46-52(34-48(36(4)5)43-29-31-45(51)55(42)56(43)46)60(39-21-12-9-13-22-39)50-26-18-25-44-41-24-15-17-28-54(41)62-58(44)50/h7-36H,1-6H3/b49-7+. The Labute approximate surface area is 362 Å². The highest BCUT2D eigenvalue weighted by Crippen LogP contribution is 2.52. The van der Waals surface area contributed by atoms with Crippen LogP contribution in [0.3, 0.4) is 0 Å². The van der Waals surface area contributed by atoms with E-state index >= 15 is 0 Å². The Morgan fingerprint density at radius 3 is 1.60 bits per heavy atom. The summed E-state index contributed by atoms with van der Waals surface area (Å²) in [6.07, 6.45) is 2.20. The normalized spacial score (nSPS) is 12.4. The summed E-state index contributed by atoms with van der Waals surface area (Å²) in [6.45, 7) is 13.6. The number of hydrogen-bond acceptors (Lipinski definition) is 4. The molecule has 2 aromatic heterocycles. The number of anilines is 5. The van der Waals surface area contributed by atoms with E-state index < -0.39 is 0 Å². The predicted molar refractivity (Wildman–Crippen MR) is 263 cm³/mol. The van der Waals surface area contributed by atoms with Gasteiger partial charge in [-0.2, -0.15) is 0 Å². The van der Waals surface area contributed by atoms with Crippen LogP contribution in [0, 0.1) is 6.92 Å². The van der Waals surface area contributed by atoms with Crippen LogP contribution in [0.5, 0.6) is 0 Å². The maximum Gasteiger partial charge on any atom is 0.159 e. The lowest BCUT2D eigenvalue weighted by molar-refractivity contribution is 0.594. The first-order valence-electron chi connectivity index (χ1n) is 21.9. The van der Waals surface area contributed by atoms with Crippen molar-refractivity contribution in [2.45, 2.75) is 53.4 Å². The van der Waals surface area contributed by atoms with Gasteiger partial charge >= 0.3 is 0 Å². The van der Waals surface area contributed by atoms with Gasteiger partial charge < -0.3 is 18.6 Å². The van der Waals surface area contributed by atoms with Crippen molar-refractivity contribution in [2.24, 2.45) is 0 Å². The summed E-state index contributed by atoms with van der Waals surface area (Å²) in [6, 6.07) is 59.1. The molecule has 0 fully saturated rings. The molecule has 0 bridgehead atoms. The van der Waals surface area contributed by atoms with Crippen molar-refractivity contribution >= 4 is 99.4 Å². The van der Waals surface area contributed by atoms with Gasteiger partial charge in [-0.25, -0.2) is 0 Å². The Balaban J connectivity index is 1.25. The summed E-state index contributed by atoms with van der Waals surface area (Å²) in [5.41, 5.74) is 12.8. The molecule has 0 radical (unpaired) electrons. The van der Waals surface area contributed by atoms with Crippen LogP contribution >= 0.6 is 0 Å². The zero-order valence-corrected chi connectivity index (χ0v) is 36.0. The van der Waals surface area contributed by atoms with Crippen molar-refractivity contribution in [1.82, 2.24) is 0 Å². The minimum atomic E-state index is 0.258. The predicted octanol–water partition coefficient (Wildman–Crippen LogP) is 17.5. The van der Waals surface area contributed by atoms with Crippen molar-refractivity contribution in [3.05, 3.63) is 192 Å². The second-order valence-corrected chi connectivity index (χ2v) is 17.2. The summed E-state index contributed by atoms with van der Waals surface area (Å²) >= 11 is 0. The van der Waals surface area contributed by atoms with Crippen LogP contribution in [0.25, 0.3) is 70.9 Å². The second-order valence-electron chi connectivity index (χ2n) is 17.2. The molecule has 11 aromatic rings. The molecule has 0 atom stereocenters. The third-order valence-electron chi connectivity index (χ3n) is 12.9. The Hall–Kier alpha value is -7.30. The molecular formula is C58H48N2O2. The van der Waals surface area contributed by atoms with E-state index in [-0.39, 0.29) is 11.8 Å². The first-order chi connectivity index (χ1) is 30.3. The molecule has 0 aliphatic rings. The number of fused-ring (bicyclic) bond motifs is 4. The molecule has 4 nitrogen and oxygen atoms in total. The van der Waals surface area contributed by atoms with E-state index in [1.807, 2.05) is 12.1 Å². The van der Waals surface area contributed by atoms with E-state index in [4.69, 9.17) is 8.83 Å². The van der Waals surface area contributed by atoms with Gasteiger partial charge in [0, 0.05) is 43.9 Å². The maximum atomic E-state index is 6.77. The molecule has 0 aliphatic carbocycles. The number of allylic oxidation sites excluding steroid dienone is 1. The van der Waals surface area contributed by atoms with Gasteiger partial charge in [-0.05, 0) is 113 Å². The highest BCUT2D eigenvalue weighted by molar-refractivity contribution is 6.30. The lowest BCUT2D eigenvalue weighted by atomic mass is 9.84. The molecule has 302 valence electrons. The number of nitrogens with zero attached hydrogens (tertiary/aromatic N) is 2. The average Bonchev–Trinajstić information content (AvgIpc) is 3.85. The topological polar surface area (TPSA) is 32.8 Å². The number of benzene rings is 9. The van der Waals surface area contributed by atoms with Gasteiger partial charge in [-0.15, -0.1) is 0 Å². The summed E-state index contributed by atoms with van der Waals surface area (Å²) in [7, 11) is 0. The minimum absolute atomic E-state index is 0.258. The van der Waals surface area contributed by atoms with E-state index in [1.54, 1.807) is 0 Å². The fourth-order valence-electron chi connectivity index (χ4n) is 9.99. The summed E-state index contributed by atoms with van der Waals surface area (Å²) in [5, 5.41) is 10.8. The molecule has 0 N–H and O–H groups in total. The van der Waals surface area contributed by atoms with Crippen molar-refractivity contribution < 1.29 is 8.83 Å². The smallest absolute Gasteiger partial charge is 0.159 e. The van der Waals surface area contributed by atoms with Crippen LogP contribution in [0.2, 0.25) is 0 Å². The zero-order valence-electron chi connectivity index (χ0n) is 36.0. The maximum absolute atomic E-state index is 6.77. The number of furan rings is 2. The average molecular weight is 805 g/mol. The molecule has 0 saturated heterocycles. The summed E-state index contributed by atoms with van der Waals surface area (Å²) in [5.74, 6) is 1.39.